The molecular weight excluding hydrogens is 185 g/mol. The van der Waals surface area contributed by atoms with Gasteiger partial charge in [0.25, 0.3) is 0 Å². The van der Waals surface area contributed by atoms with Gasteiger partial charge in [-0.25, -0.2) is 0 Å². The summed E-state index contributed by atoms with van der Waals surface area (Å²) in [6.45, 7) is 5.71. The average molecular weight is 203 g/mol. The summed E-state index contributed by atoms with van der Waals surface area (Å²) in [7, 11) is -2.51. The molecular formula is C9H18NO2P. The molecule has 0 saturated carbocycles. The fraction of sp³-hybridized carbons (Fsp3) is 0.889. The smallest absolute Gasteiger partial charge is 0.204 e. The molecule has 0 aromatic rings. The Morgan fingerprint density at radius 2 is 2.08 bits per heavy atom. The molecule has 3 nitrogen and oxygen atoms in total. The van der Waals surface area contributed by atoms with Crippen LogP contribution in [0.15, 0.2) is 0 Å². The van der Waals surface area contributed by atoms with Crippen LogP contribution in [0.4, 0.5) is 0 Å². The van der Waals surface area contributed by atoms with Crippen molar-refractivity contribution in [3.63, 3.8) is 0 Å². The number of rotatable bonds is 6. The molecule has 76 valence electrons. The highest BCUT2D eigenvalue weighted by molar-refractivity contribution is 7.59. The summed E-state index contributed by atoms with van der Waals surface area (Å²) in [6, 6.07) is 2.00. The lowest BCUT2D eigenvalue weighted by Crippen LogP contribution is -2.05. The van der Waals surface area contributed by atoms with Gasteiger partial charge in [-0.1, -0.05) is 6.92 Å². The van der Waals surface area contributed by atoms with Crippen LogP contribution in [0.3, 0.4) is 0 Å². The Balaban J connectivity index is 4.18. The van der Waals surface area contributed by atoms with Gasteiger partial charge in [0.05, 0.1) is 12.2 Å². The van der Waals surface area contributed by atoms with Gasteiger partial charge >= 0.3 is 0 Å². The largest absolute Gasteiger partial charge is 0.326 e. The monoisotopic (exact) mass is 203 g/mol. The lowest BCUT2D eigenvalue weighted by Gasteiger charge is -2.19. The van der Waals surface area contributed by atoms with E-state index in [-0.39, 0.29) is 6.10 Å². The van der Waals surface area contributed by atoms with Gasteiger partial charge in [-0.2, -0.15) is 5.26 Å². The molecule has 0 bridgehead atoms. The van der Waals surface area contributed by atoms with Crippen LogP contribution in [0.2, 0.25) is 0 Å². The van der Waals surface area contributed by atoms with Gasteiger partial charge in [-0.15, -0.1) is 0 Å². The second-order valence-corrected chi connectivity index (χ2v) is 6.06. The molecule has 0 amide bonds. The SMILES string of the molecule is CCCP(=O)(CCC#N)OC(C)C. The molecule has 0 aromatic heterocycles. The molecule has 0 rings (SSSR count). The van der Waals surface area contributed by atoms with Gasteiger partial charge in [-0.05, 0) is 20.3 Å². The Bertz CT molecular complexity index is 220. The summed E-state index contributed by atoms with van der Waals surface area (Å²) in [5.41, 5.74) is 0. The van der Waals surface area contributed by atoms with Crippen molar-refractivity contribution in [1.29, 1.82) is 5.26 Å². The quantitative estimate of drug-likeness (QED) is 0.623. The molecule has 0 heterocycles. The summed E-state index contributed by atoms with van der Waals surface area (Å²) < 4.78 is 17.4. The molecule has 1 atom stereocenters. The maximum absolute atomic E-state index is 12.0. The van der Waals surface area contributed by atoms with Gasteiger partial charge in [0.1, 0.15) is 0 Å². The van der Waals surface area contributed by atoms with Crippen molar-refractivity contribution in [3.05, 3.63) is 0 Å². The van der Waals surface area contributed by atoms with E-state index in [4.69, 9.17) is 9.79 Å². The third-order valence-electron chi connectivity index (χ3n) is 1.53. The Morgan fingerprint density at radius 3 is 2.46 bits per heavy atom. The van der Waals surface area contributed by atoms with E-state index in [1.165, 1.54) is 0 Å². The highest BCUT2D eigenvalue weighted by Crippen LogP contribution is 2.48. The molecule has 13 heavy (non-hydrogen) atoms. The molecule has 0 aromatic carbocycles. The van der Waals surface area contributed by atoms with Gasteiger partial charge in [0.15, 0.2) is 0 Å². The van der Waals surface area contributed by atoms with Crippen molar-refractivity contribution < 1.29 is 9.09 Å². The number of hydrogen-bond donors (Lipinski definition) is 0. The first-order valence-electron chi connectivity index (χ1n) is 4.67. The van der Waals surface area contributed by atoms with Gasteiger partial charge in [-0.3, -0.25) is 4.57 Å². The van der Waals surface area contributed by atoms with E-state index in [1.807, 2.05) is 26.8 Å². The van der Waals surface area contributed by atoms with Crippen molar-refractivity contribution >= 4 is 7.37 Å². The Morgan fingerprint density at radius 1 is 1.46 bits per heavy atom. The van der Waals surface area contributed by atoms with Crippen molar-refractivity contribution in [2.75, 3.05) is 12.3 Å². The maximum atomic E-state index is 12.0. The fourth-order valence-electron chi connectivity index (χ4n) is 1.16. The average Bonchev–Trinajstić information content (AvgIpc) is 2.00. The second kappa shape index (κ2) is 6.18. The lowest BCUT2D eigenvalue weighted by molar-refractivity contribution is 0.243. The molecule has 0 radical (unpaired) electrons. The molecule has 4 heteroatoms. The number of hydrogen-bond acceptors (Lipinski definition) is 3. The van der Waals surface area contributed by atoms with Gasteiger partial charge in [0, 0.05) is 18.7 Å². The Kier molecular flexibility index (Phi) is 6.03. The zero-order valence-electron chi connectivity index (χ0n) is 8.62. The summed E-state index contributed by atoms with van der Waals surface area (Å²) >= 11 is 0. The third-order valence-corrected chi connectivity index (χ3v) is 4.37. The molecule has 0 saturated heterocycles. The van der Waals surface area contributed by atoms with E-state index in [1.54, 1.807) is 0 Å². The second-order valence-electron chi connectivity index (χ2n) is 3.32. The standard InChI is InChI=1S/C9H18NO2P/c1-4-7-13(11,8-5-6-10)12-9(2)3/h9H,4-5,7-8H2,1-3H3. The maximum Gasteiger partial charge on any atom is 0.204 e. The van der Waals surface area contributed by atoms with Gasteiger partial charge < -0.3 is 4.52 Å². The summed E-state index contributed by atoms with van der Waals surface area (Å²) in [5, 5.41) is 8.41. The molecule has 0 N–H and O–H groups in total. The van der Waals surface area contributed by atoms with E-state index in [9.17, 15) is 4.57 Å². The van der Waals surface area contributed by atoms with Crippen molar-refractivity contribution in [3.8, 4) is 6.07 Å². The minimum atomic E-state index is -2.51. The Labute approximate surface area is 80.5 Å². The molecule has 1 unspecified atom stereocenters. The summed E-state index contributed by atoms with van der Waals surface area (Å²) in [6.07, 6.45) is 2.14. The third kappa shape index (κ3) is 5.85. The molecule has 0 fully saturated rings. The number of nitriles is 1. The van der Waals surface area contributed by atoms with Crippen LogP contribution in [0, 0.1) is 11.3 Å². The predicted octanol–water partition coefficient (Wildman–Crippen LogP) is 3.01. The first-order chi connectivity index (χ1) is 6.04. The van der Waals surface area contributed by atoms with Crippen molar-refractivity contribution in [2.45, 2.75) is 39.7 Å². The highest BCUT2D eigenvalue weighted by atomic mass is 31.2. The molecule has 0 aliphatic heterocycles. The number of nitrogens with zero attached hydrogens (tertiary/aromatic N) is 1. The minimum absolute atomic E-state index is 0.0175. The van der Waals surface area contributed by atoms with E-state index in [0.717, 1.165) is 6.42 Å². The predicted molar refractivity (Wildman–Crippen MR) is 54.1 cm³/mol. The Hall–Kier alpha value is -0.320. The minimum Gasteiger partial charge on any atom is -0.326 e. The van der Waals surface area contributed by atoms with E-state index < -0.39 is 7.37 Å². The van der Waals surface area contributed by atoms with E-state index in [0.29, 0.717) is 18.7 Å². The van der Waals surface area contributed by atoms with Crippen LogP contribution >= 0.6 is 7.37 Å². The van der Waals surface area contributed by atoms with Crippen LogP contribution in [0.1, 0.15) is 33.6 Å². The van der Waals surface area contributed by atoms with Crippen molar-refractivity contribution in [1.82, 2.24) is 0 Å². The van der Waals surface area contributed by atoms with Crippen molar-refractivity contribution in [2.24, 2.45) is 0 Å². The van der Waals surface area contributed by atoms with Crippen LogP contribution in [-0.2, 0) is 9.09 Å². The first-order valence-corrected chi connectivity index (χ1v) is 6.67. The zero-order chi connectivity index (χ0) is 10.3. The van der Waals surface area contributed by atoms with Crippen LogP contribution < -0.4 is 0 Å². The van der Waals surface area contributed by atoms with E-state index in [2.05, 4.69) is 0 Å². The van der Waals surface area contributed by atoms with Crippen LogP contribution in [0.25, 0.3) is 0 Å². The topological polar surface area (TPSA) is 50.1 Å². The van der Waals surface area contributed by atoms with E-state index >= 15 is 0 Å². The molecule has 0 aliphatic carbocycles. The van der Waals surface area contributed by atoms with Gasteiger partial charge in [0.2, 0.25) is 7.37 Å². The summed E-state index contributed by atoms with van der Waals surface area (Å²) in [4.78, 5) is 0. The summed E-state index contributed by atoms with van der Waals surface area (Å²) in [5.74, 6) is 0. The van der Waals surface area contributed by atoms with Crippen LogP contribution in [-0.4, -0.2) is 18.4 Å². The zero-order valence-corrected chi connectivity index (χ0v) is 9.51. The van der Waals surface area contributed by atoms with Crippen LogP contribution in [0.5, 0.6) is 0 Å². The lowest BCUT2D eigenvalue weighted by atomic mass is 10.5. The first kappa shape index (κ1) is 12.7. The molecule has 0 aliphatic rings. The highest BCUT2D eigenvalue weighted by Gasteiger charge is 2.22. The fourth-order valence-corrected chi connectivity index (χ4v) is 3.49. The normalized spacial score (nSPS) is 15.3. The molecule has 0 spiro atoms.